The fourth-order valence-corrected chi connectivity index (χ4v) is 4.05. The molecule has 1 aliphatic heterocycles. The van der Waals surface area contributed by atoms with Gasteiger partial charge in [-0.15, -0.1) is 0 Å². The van der Waals surface area contributed by atoms with Crippen LogP contribution in [0.2, 0.25) is 5.02 Å². The number of nitrogens with one attached hydrogen (secondary N) is 1. The van der Waals surface area contributed by atoms with Crippen LogP contribution >= 0.6 is 11.6 Å². The third kappa shape index (κ3) is 4.49. The molecule has 6 nitrogen and oxygen atoms in total. The lowest BCUT2D eigenvalue weighted by atomic mass is 10.1. The third-order valence-corrected chi connectivity index (χ3v) is 5.86. The number of halogens is 1. The number of carbonyl (C=O) groups excluding carboxylic acids is 1. The maximum Gasteiger partial charge on any atom is 0.294 e. The lowest BCUT2D eigenvalue weighted by Crippen LogP contribution is -2.37. The SMILES string of the molecule is O=C(CCn1c(=O)c(N2CCCCC2)nc2ccccc21)NCc1ccccc1Cl. The summed E-state index contributed by atoms with van der Waals surface area (Å²) in [5.74, 6) is 0.368. The van der Waals surface area contributed by atoms with Gasteiger partial charge in [0.15, 0.2) is 5.82 Å². The zero-order valence-corrected chi connectivity index (χ0v) is 17.6. The number of hydrogen-bond acceptors (Lipinski definition) is 4. The van der Waals surface area contributed by atoms with E-state index in [0.717, 1.165) is 42.5 Å². The molecular weight excluding hydrogens is 400 g/mol. The Morgan fingerprint density at radius 3 is 2.57 bits per heavy atom. The number of piperidine rings is 1. The quantitative estimate of drug-likeness (QED) is 0.654. The zero-order chi connectivity index (χ0) is 20.9. The van der Waals surface area contributed by atoms with Gasteiger partial charge in [-0.25, -0.2) is 4.98 Å². The largest absolute Gasteiger partial charge is 0.352 e. The second kappa shape index (κ2) is 9.30. The molecule has 156 valence electrons. The van der Waals surface area contributed by atoms with Crippen LogP contribution in [0, 0.1) is 0 Å². The molecule has 3 aromatic rings. The first-order valence-corrected chi connectivity index (χ1v) is 10.8. The first-order chi connectivity index (χ1) is 14.6. The van der Waals surface area contributed by atoms with E-state index in [1.165, 1.54) is 6.42 Å². The Bertz CT molecular complexity index is 1110. The van der Waals surface area contributed by atoms with E-state index in [4.69, 9.17) is 11.6 Å². The van der Waals surface area contributed by atoms with Crippen LogP contribution in [0.4, 0.5) is 5.82 Å². The van der Waals surface area contributed by atoms with E-state index in [1.807, 2.05) is 42.5 Å². The first kappa shape index (κ1) is 20.4. The van der Waals surface area contributed by atoms with Crippen LogP contribution in [-0.2, 0) is 17.9 Å². The average molecular weight is 425 g/mol. The Balaban J connectivity index is 1.52. The number of carbonyl (C=O) groups is 1. The van der Waals surface area contributed by atoms with Crippen molar-refractivity contribution in [2.24, 2.45) is 0 Å². The summed E-state index contributed by atoms with van der Waals surface area (Å²) in [4.78, 5) is 32.4. The van der Waals surface area contributed by atoms with Crippen LogP contribution in [-0.4, -0.2) is 28.5 Å². The van der Waals surface area contributed by atoms with Gasteiger partial charge in [-0.3, -0.25) is 9.59 Å². The molecule has 30 heavy (non-hydrogen) atoms. The predicted molar refractivity (Wildman–Crippen MR) is 120 cm³/mol. The van der Waals surface area contributed by atoms with Crippen LogP contribution in [0.3, 0.4) is 0 Å². The molecule has 7 heteroatoms. The number of rotatable bonds is 6. The van der Waals surface area contributed by atoms with Gasteiger partial charge in [0.05, 0.1) is 11.0 Å². The summed E-state index contributed by atoms with van der Waals surface area (Å²) in [5.41, 5.74) is 2.26. The topological polar surface area (TPSA) is 67.2 Å². The summed E-state index contributed by atoms with van der Waals surface area (Å²) in [6.45, 7) is 2.36. The number of para-hydroxylation sites is 2. The number of anilines is 1. The number of benzene rings is 2. The standard InChI is InChI=1S/C23H25ClN4O2/c24-18-9-3-2-8-17(18)16-25-21(29)12-15-28-20-11-5-4-10-19(20)26-22(23(28)30)27-13-6-1-7-14-27/h2-5,8-11H,1,6-7,12-16H2,(H,25,29). The molecule has 0 unspecified atom stereocenters. The van der Waals surface area contributed by atoms with Gasteiger partial charge in [0.25, 0.3) is 5.56 Å². The predicted octanol–water partition coefficient (Wildman–Crippen LogP) is 3.75. The highest BCUT2D eigenvalue weighted by molar-refractivity contribution is 6.31. The molecule has 0 spiro atoms. The number of amides is 1. The highest BCUT2D eigenvalue weighted by Crippen LogP contribution is 2.19. The normalized spacial score (nSPS) is 14.1. The molecule has 1 saturated heterocycles. The summed E-state index contributed by atoms with van der Waals surface area (Å²) in [5, 5.41) is 3.52. The minimum absolute atomic E-state index is 0.123. The first-order valence-electron chi connectivity index (χ1n) is 10.4. The maximum atomic E-state index is 13.2. The van der Waals surface area contributed by atoms with E-state index >= 15 is 0 Å². The minimum atomic E-state index is -0.130. The fraction of sp³-hybridized carbons (Fsp3) is 0.348. The smallest absolute Gasteiger partial charge is 0.294 e. The van der Waals surface area contributed by atoms with Gasteiger partial charge in [0.2, 0.25) is 5.91 Å². The van der Waals surface area contributed by atoms with Crippen molar-refractivity contribution in [1.82, 2.24) is 14.9 Å². The average Bonchev–Trinajstić information content (AvgIpc) is 2.78. The molecule has 0 radical (unpaired) electrons. The molecule has 1 aromatic heterocycles. The molecule has 1 N–H and O–H groups in total. The molecule has 2 heterocycles. The van der Waals surface area contributed by atoms with E-state index in [1.54, 1.807) is 10.6 Å². The van der Waals surface area contributed by atoms with Crippen molar-refractivity contribution in [3.8, 4) is 0 Å². The highest BCUT2D eigenvalue weighted by atomic mass is 35.5. The highest BCUT2D eigenvalue weighted by Gasteiger charge is 2.19. The molecule has 0 atom stereocenters. The number of aromatic nitrogens is 2. The van der Waals surface area contributed by atoms with Gasteiger partial charge in [-0.2, -0.15) is 0 Å². The van der Waals surface area contributed by atoms with Gasteiger partial charge < -0.3 is 14.8 Å². The van der Waals surface area contributed by atoms with E-state index in [-0.39, 0.29) is 17.9 Å². The van der Waals surface area contributed by atoms with Gasteiger partial charge >= 0.3 is 0 Å². The van der Waals surface area contributed by atoms with Crippen molar-refractivity contribution in [2.45, 2.75) is 38.8 Å². The second-order valence-electron chi connectivity index (χ2n) is 7.55. The van der Waals surface area contributed by atoms with Crippen LogP contribution in [0.15, 0.2) is 53.3 Å². The maximum absolute atomic E-state index is 13.2. The Hall–Kier alpha value is -2.86. The molecule has 2 aromatic carbocycles. The van der Waals surface area contributed by atoms with E-state index in [0.29, 0.717) is 23.9 Å². The lowest BCUT2D eigenvalue weighted by molar-refractivity contribution is -0.121. The number of hydrogen-bond donors (Lipinski definition) is 1. The number of nitrogens with zero attached hydrogens (tertiary/aromatic N) is 3. The van der Waals surface area contributed by atoms with Crippen LogP contribution in [0.5, 0.6) is 0 Å². The molecule has 1 amide bonds. The van der Waals surface area contributed by atoms with Gasteiger partial charge in [0, 0.05) is 37.6 Å². The lowest BCUT2D eigenvalue weighted by Gasteiger charge is -2.27. The Morgan fingerprint density at radius 2 is 1.77 bits per heavy atom. The summed E-state index contributed by atoms with van der Waals surface area (Å²) >= 11 is 6.15. The Kier molecular flexibility index (Phi) is 6.33. The zero-order valence-electron chi connectivity index (χ0n) is 16.8. The van der Waals surface area contributed by atoms with Crippen molar-refractivity contribution < 1.29 is 4.79 Å². The molecule has 1 fully saturated rings. The monoisotopic (exact) mass is 424 g/mol. The molecule has 4 rings (SSSR count). The van der Waals surface area contributed by atoms with E-state index in [2.05, 4.69) is 15.2 Å². The van der Waals surface area contributed by atoms with Crippen LogP contribution in [0.25, 0.3) is 11.0 Å². The number of fused-ring (bicyclic) bond motifs is 1. The Morgan fingerprint density at radius 1 is 1.03 bits per heavy atom. The van der Waals surface area contributed by atoms with Crippen LogP contribution in [0.1, 0.15) is 31.2 Å². The van der Waals surface area contributed by atoms with Gasteiger partial charge in [-0.1, -0.05) is 41.9 Å². The molecular formula is C23H25ClN4O2. The van der Waals surface area contributed by atoms with Gasteiger partial charge in [0.1, 0.15) is 0 Å². The van der Waals surface area contributed by atoms with E-state index in [9.17, 15) is 9.59 Å². The molecule has 0 bridgehead atoms. The fourth-order valence-electron chi connectivity index (χ4n) is 3.85. The van der Waals surface area contributed by atoms with Crippen molar-refractivity contribution in [2.75, 3.05) is 18.0 Å². The van der Waals surface area contributed by atoms with E-state index < -0.39 is 0 Å². The summed E-state index contributed by atoms with van der Waals surface area (Å²) < 4.78 is 1.68. The summed E-state index contributed by atoms with van der Waals surface area (Å²) in [6.07, 6.45) is 3.53. The molecule has 0 saturated carbocycles. The molecule has 0 aliphatic carbocycles. The van der Waals surface area contributed by atoms with Crippen molar-refractivity contribution in [1.29, 1.82) is 0 Å². The van der Waals surface area contributed by atoms with Crippen molar-refractivity contribution >= 4 is 34.4 Å². The third-order valence-electron chi connectivity index (χ3n) is 5.49. The molecule has 1 aliphatic rings. The number of aryl methyl sites for hydroxylation is 1. The minimum Gasteiger partial charge on any atom is -0.352 e. The second-order valence-corrected chi connectivity index (χ2v) is 7.95. The summed E-state index contributed by atoms with van der Waals surface area (Å²) in [6, 6.07) is 15.0. The van der Waals surface area contributed by atoms with Crippen LogP contribution < -0.4 is 15.8 Å². The Labute approximate surface area is 180 Å². The summed E-state index contributed by atoms with van der Waals surface area (Å²) in [7, 11) is 0. The van der Waals surface area contributed by atoms with Crippen molar-refractivity contribution in [3.05, 3.63) is 69.5 Å². The van der Waals surface area contributed by atoms with Gasteiger partial charge in [-0.05, 0) is 43.0 Å². The van der Waals surface area contributed by atoms with Crippen molar-refractivity contribution in [3.63, 3.8) is 0 Å².